The summed E-state index contributed by atoms with van der Waals surface area (Å²) in [5.41, 5.74) is 0.382. The molecule has 1 atom stereocenters. The summed E-state index contributed by atoms with van der Waals surface area (Å²) in [6.07, 6.45) is 1.54. The molecule has 1 unspecified atom stereocenters. The third kappa shape index (κ3) is 6.55. The molecule has 0 saturated carbocycles. The normalized spacial score (nSPS) is 13.4. The zero-order valence-corrected chi connectivity index (χ0v) is 13.6. The van der Waals surface area contributed by atoms with E-state index in [1.54, 1.807) is 19.2 Å². The Labute approximate surface area is 127 Å². The minimum atomic E-state index is -0.273. The van der Waals surface area contributed by atoms with E-state index in [4.69, 9.17) is 9.47 Å². The van der Waals surface area contributed by atoms with Crippen molar-refractivity contribution in [3.8, 4) is 0 Å². The number of benzene rings is 1. The molecule has 0 aromatic heterocycles. The fourth-order valence-corrected chi connectivity index (χ4v) is 1.95. The van der Waals surface area contributed by atoms with Crippen LogP contribution in [0, 0.1) is 5.82 Å². The number of nitrogens with one attached hydrogen (secondary N) is 1. The second-order valence-electron chi connectivity index (χ2n) is 5.80. The van der Waals surface area contributed by atoms with Crippen LogP contribution in [0.2, 0.25) is 0 Å². The van der Waals surface area contributed by atoms with Crippen molar-refractivity contribution in [3.63, 3.8) is 0 Å². The first-order valence-electron chi connectivity index (χ1n) is 7.62. The van der Waals surface area contributed by atoms with Crippen molar-refractivity contribution >= 4 is 0 Å². The molecule has 1 rings (SSSR count). The highest BCUT2D eigenvalue weighted by molar-refractivity contribution is 5.20. The number of hydrogen-bond acceptors (Lipinski definition) is 3. The summed E-state index contributed by atoms with van der Waals surface area (Å²) in [4.78, 5) is 0. The van der Waals surface area contributed by atoms with Crippen molar-refractivity contribution in [2.24, 2.45) is 0 Å². The molecule has 0 bridgehead atoms. The van der Waals surface area contributed by atoms with Gasteiger partial charge in [0.2, 0.25) is 0 Å². The molecule has 1 aromatic carbocycles. The fraction of sp³-hybridized carbons (Fsp3) is 0.647. The highest BCUT2D eigenvalue weighted by Crippen LogP contribution is 2.22. The van der Waals surface area contributed by atoms with Crippen molar-refractivity contribution < 1.29 is 13.9 Å². The van der Waals surface area contributed by atoms with Gasteiger partial charge in [0.05, 0.1) is 18.3 Å². The number of halogens is 1. The van der Waals surface area contributed by atoms with Crippen LogP contribution < -0.4 is 5.32 Å². The van der Waals surface area contributed by atoms with Gasteiger partial charge in [-0.1, -0.05) is 25.1 Å². The first-order chi connectivity index (χ1) is 10.00. The van der Waals surface area contributed by atoms with Crippen LogP contribution in [-0.4, -0.2) is 32.4 Å². The van der Waals surface area contributed by atoms with Crippen LogP contribution in [0.5, 0.6) is 0 Å². The molecule has 21 heavy (non-hydrogen) atoms. The van der Waals surface area contributed by atoms with Crippen molar-refractivity contribution in [3.05, 3.63) is 35.6 Å². The van der Waals surface area contributed by atoms with Gasteiger partial charge in [-0.3, -0.25) is 0 Å². The van der Waals surface area contributed by atoms with Crippen LogP contribution in [-0.2, 0) is 9.47 Å². The van der Waals surface area contributed by atoms with E-state index in [0.717, 1.165) is 19.4 Å². The smallest absolute Gasteiger partial charge is 0.129 e. The first kappa shape index (κ1) is 18.1. The van der Waals surface area contributed by atoms with Crippen LogP contribution in [0.1, 0.15) is 45.3 Å². The van der Waals surface area contributed by atoms with E-state index >= 15 is 0 Å². The average molecular weight is 297 g/mol. The summed E-state index contributed by atoms with van der Waals surface area (Å²) in [5.74, 6) is -0.216. The van der Waals surface area contributed by atoms with Gasteiger partial charge >= 0.3 is 0 Å². The minimum absolute atomic E-state index is 0.216. The predicted octanol–water partition coefficient (Wildman–Crippen LogP) is 3.70. The minimum Gasteiger partial charge on any atom is -0.379 e. The van der Waals surface area contributed by atoms with Crippen LogP contribution in [0.25, 0.3) is 0 Å². The Morgan fingerprint density at radius 1 is 1.29 bits per heavy atom. The molecule has 4 heteroatoms. The monoisotopic (exact) mass is 297 g/mol. The van der Waals surface area contributed by atoms with Crippen molar-refractivity contribution in [1.29, 1.82) is 0 Å². The number of ether oxygens (including phenoxy) is 2. The Hall–Kier alpha value is -0.970. The van der Waals surface area contributed by atoms with Gasteiger partial charge in [0.25, 0.3) is 0 Å². The van der Waals surface area contributed by atoms with Crippen LogP contribution in [0.3, 0.4) is 0 Å². The van der Waals surface area contributed by atoms with Gasteiger partial charge in [0.15, 0.2) is 0 Å². The van der Waals surface area contributed by atoms with Crippen LogP contribution in [0.4, 0.5) is 4.39 Å². The lowest BCUT2D eigenvalue weighted by Crippen LogP contribution is -2.28. The van der Waals surface area contributed by atoms with Gasteiger partial charge in [-0.05, 0) is 39.3 Å². The molecule has 3 nitrogen and oxygen atoms in total. The Balaban J connectivity index is 2.63. The molecule has 1 N–H and O–H groups in total. The molecule has 0 heterocycles. The van der Waals surface area contributed by atoms with Crippen molar-refractivity contribution in [1.82, 2.24) is 5.32 Å². The third-order valence-electron chi connectivity index (χ3n) is 3.58. The zero-order valence-electron chi connectivity index (χ0n) is 13.6. The standard InChI is InChI=1S/C17H28FNO2/c1-5-11-19-13-16(14-8-6-7-9-15(14)18)21-12-10-17(2,3)20-4/h6-9,16,19H,5,10-13H2,1-4H3. The predicted molar refractivity (Wildman–Crippen MR) is 84.0 cm³/mol. The van der Waals surface area contributed by atoms with E-state index in [1.807, 2.05) is 19.9 Å². The summed E-state index contributed by atoms with van der Waals surface area (Å²) >= 11 is 0. The molecule has 0 saturated heterocycles. The maximum atomic E-state index is 13.9. The molecule has 0 spiro atoms. The fourth-order valence-electron chi connectivity index (χ4n) is 1.95. The van der Waals surface area contributed by atoms with Crippen LogP contribution >= 0.6 is 0 Å². The van der Waals surface area contributed by atoms with E-state index in [-0.39, 0.29) is 17.5 Å². The number of methoxy groups -OCH3 is 1. The van der Waals surface area contributed by atoms with E-state index in [0.29, 0.717) is 18.7 Å². The van der Waals surface area contributed by atoms with Crippen molar-refractivity contribution in [2.75, 3.05) is 26.8 Å². The van der Waals surface area contributed by atoms with Gasteiger partial charge in [0, 0.05) is 19.2 Å². The Bertz CT molecular complexity index is 410. The molecule has 0 aliphatic rings. The molecule has 0 amide bonds. The Kier molecular flexibility index (Phi) is 7.86. The Morgan fingerprint density at radius 2 is 2.00 bits per heavy atom. The highest BCUT2D eigenvalue weighted by Gasteiger charge is 2.19. The second kappa shape index (κ2) is 9.13. The molecule has 0 aliphatic heterocycles. The lowest BCUT2D eigenvalue weighted by atomic mass is 10.1. The lowest BCUT2D eigenvalue weighted by Gasteiger charge is -2.25. The van der Waals surface area contributed by atoms with Gasteiger partial charge in [-0.25, -0.2) is 4.39 Å². The Morgan fingerprint density at radius 3 is 2.62 bits per heavy atom. The molecule has 1 aromatic rings. The summed E-state index contributed by atoms with van der Waals surface area (Å²) in [5, 5.41) is 3.30. The first-order valence-corrected chi connectivity index (χ1v) is 7.62. The quantitative estimate of drug-likeness (QED) is 0.668. The summed E-state index contributed by atoms with van der Waals surface area (Å²) in [6, 6.07) is 6.80. The molecular weight excluding hydrogens is 269 g/mol. The SMILES string of the molecule is CCCNCC(OCCC(C)(C)OC)c1ccccc1F. The molecule has 0 aliphatic carbocycles. The number of hydrogen-bond donors (Lipinski definition) is 1. The third-order valence-corrected chi connectivity index (χ3v) is 3.58. The van der Waals surface area contributed by atoms with E-state index < -0.39 is 0 Å². The molecule has 120 valence electrons. The zero-order chi connectivity index (χ0) is 15.7. The molecule has 0 radical (unpaired) electrons. The van der Waals surface area contributed by atoms with E-state index in [9.17, 15) is 4.39 Å². The van der Waals surface area contributed by atoms with E-state index in [1.165, 1.54) is 6.07 Å². The van der Waals surface area contributed by atoms with E-state index in [2.05, 4.69) is 12.2 Å². The highest BCUT2D eigenvalue weighted by atomic mass is 19.1. The second-order valence-corrected chi connectivity index (χ2v) is 5.80. The summed E-state index contributed by atoms with van der Waals surface area (Å²) in [7, 11) is 1.69. The maximum absolute atomic E-state index is 13.9. The van der Waals surface area contributed by atoms with Crippen molar-refractivity contribution in [2.45, 2.75) is 45.3 Å². The largest absolute Gasteiger partial charge is 0.379 e. The maximum Gasteiger partial charge on any atom is 0.129 e. The molecule has 0 fully saturated rings. The summed E-state index contributed by atoms with van der Waals surface area (Å²) < 4.78 is 25.2. The van der Waals surface area contributed by atoms with Gasteiger partial charge in [0.1, 0.15) is 5.82 Å². The van der Waals surface area contributed by atoms with Gasteiger partial charge in [-0.15, -0.1) is 0 Å². The topological polar surface area (TPSA) is 30.5 Å². The lowest BCUT2D eigenvalue weighted by molar-refractivity contribution is -0.0277. The average Bonchev–Trinajstić information content (AvgIpc) is 2.46. The summed E-state index contributed by atoms with van der Waals surface area (Å²) in [6.45, 7) is 8.19. The molecular formula is C17H28FNO2. The number of rotatable bonds is 10. The van der Waals surface area contributed by atoms with Crippen LogP contribution in [0.15, 0.2) is 24.3 Å². The van der Waals surface area contributed by atoms with Gasteiger partial charge < -0.3 is 14.8 Å². The van der Waals surface area contributed by atoms with Gasteiger partial charge in [-0.2, -0.15) is 0 Å².